The molecule has 0 fully saturated rings. The third-order valence-electron chi connectivity index (χ3n) is 1.29. The Morgan fingerprint density at radius 3 is 2.25 bits per heavy atom. The molecule has 0 aliphatic carbocycles. The molecule has 0 rings (SSSR count). The van der Waals surface area contributed by atoms with Gasteiger partial charge in [0, 0.05) is 0 Å². The van der Waals surface area contributed by atoms with Gasteiger partial charge in [-0.1, -0.05) is 13.1 Å². The van der Waals surface area contributed by atoms with Crippen molar-refractivity contribution < 1.29 is 4.39 Å². The molecule has 0 saturated carbocycles. The van der Waals surface area contributed by atoms with Gasteiger partial charge in [-0.3, -0.25) is 4.39 Å². The SMILES string of the molecule is C=C[Si](C)(C)CCF. The van der Waals surface area contributed by atoms with Crippen molar-refractivity contribution in [2.24, 2.45) is 0 Å². The third kappa shape index (κ3) is 2.96. The average Bonchev–Trinajstić information content (AvgIpc) is 1.67. The predicted molar refractivity (Wildman–Crippen MR) is 38.5 cm³/mol. The Balaban J connectivity index is 3.53. The van der Waals surface area contributed by atoms with Crippen LogP contribution in [-0.2, 0) is 0 Å². The molecule has 0 aliphatic heterocycles. The van der Waals surface area contributed by atoms with Gasteiger partial charge in [0.05, 0.1) is 14.7 Å². The van der Waals surface area contributed by atoms with Crippen LogP contribution in [0.2, 0.25) is 19.1 Å². The maximum atomic E-state index is 11.7. The molecule has 0 bridgehead atoms. The number of hydrogen-bond acceptors (Lipinski definition) is 0. The standard InChI is InChI=1S/C6H13FSi/c1-4-8(2,3)6-5-7/h4H,1,5-6H2,2-3H3. The van der Waals surface area contributed by atoms with Gasteiger partial charge in [-0.15, -0.1) is 12.3 Å². The Bertz CT molecular complexity index is 78.6. The number of rotatable bonds is 3. The average molecular weight is 132 g/mol. The maximum absolute atomic E-state index is 11.7. The second-order valence-corrected chi connectivity index (χ2v) is 7.52. The first-order valence-electron chi connectivity index (χ1n) is 2.82. The predicted octanol–water partition coefficient (Wildman–Crippen LogP) is 2.39. The van der Waals surface area contributed by atoms with Crippen LogP contribution in [0.1, 0.15) is 0 Å². The van der Waals surface area contributed by atoms with Crippen LogP contribution in [0.25, 0.3) is 0 Å². The van der Waals surface area contributed by atoms with Gasteiger partial charge in [0.1, 0.15) is 0 Å². The fourth-order valence-corrected chi connectivity index (χ4v) is 1.04. The number of halogens is 1. The van der Waals surface area contributed by atoms with E-state index in [1.165, 1.54) is 0 Å². The van der Waals surface area contributed by atoms with Crippen molar-refractivity contribution in [2.75, 3.05) is 6.67 Å². The second-order valence-electron chi connectivity index (χ2n) is 2.63. The molecule has 0 aliphatic rings. The van der Waals surface area contributed by atoms with Gasteiger partial charge in [-0.05, 0) is 6.04 Å². The fraction of sp³-hybridized carbons (Fsp3) is 0.667. The van der Waals surface area contributed by atoms with Crippen molar-refractivity contribution >= 4 is 8.07 Å². The van der Waals surface area contributed by atoms with Gasteiger partial charge >= 0.3 is 0 Å². The van der Waals surface area contributed by atoms with Crippen LogP contribution in [-0.4, -0.2) is 14.7 Å². The molecule has 0 N–H and O–H groups in total. The minimum absolute atomic E-state index is 0.189. The van der Waals surface area contributed by atoms with E-state index in [4.69, 9.17) is 0 Å². The molecule has 0 nitrogen and oxygen atoms in total. The van der Waals surface area contributed by atoms with E-state index >= 15 is 0 Å². The molecule has 0 atom stereocenters. The molecule has 0 aromatic carbocycles. The highest BCUT2D eigenvalue weighted by Crippen LogP contribution is 2.08. The first-order chi connectivity index (χ1) is 3.62. The lowest BCUT2D eigenvalue weighted by Crippen LogP contribution is -2.21. The normalized spacial score (nSPS) is 11.4. The van der Waals surface area contributed by atoms with E-state index < -0.39 is 8.07 Å². The van der Waals surface area contributed by atoms with E-state index in [1.807, 2.05) is 5.70 Å². The first-order valence-corrected chi connectivity index (χ1v) is 6.10. The van der Waals surface area contributed by atoms with Gasteiger partial charge in [-0.2, -0.15) is 0 Å². The number of alkyl halides is 1. The van der Waals surface area contributed by atoms with Crippen LogP contribution in [0, 0.1) is 0 Å². The summed E-state index contributed by atoms with van der Waals surface area (Å²) in [4.78, 5) is 0. The van der Waals surface area contributed by atoms with Crippen molar-refractivity contribution in [3.63, 3.8) is 0 Å². The highest BCUT2D eigenvalue weighted by molar-refractivity contribution is 6.82. The quantitative estimate of drug-likeness (QED) is 0.517. The lowest BCUT2D eigenvalue weighted by Gasteiger charge is -2.12. The van der Waals surface area contributed by atoms with E-state index in [-0.39, 0.29) is 6.67 Å². The molecule has 0 aromatic rings. The zero-order chi connectivity index (χ0) is 6.62. The minimum Gasteiger partial charge on any atom is -0.251 e. The summed E-state index contributed by atoms with van der Waals surface area (Å²) in [7, 11) is -1.29. The monoisotopic (exact) mass is 132 g/mol. The summed E-state index contributed by atoms with van der Waals surface area (Å²) >= 11 is 0. The molecule has 8 heavy (non-hydrogen) atoms. The van der Waals surface area contributed by atoms with E-state index in [0.29, 0.717) is 0 Å². The van der Waals surface area contributed by atoms with Crippen LogP contribution >= 0.6 is 0 Å². The molecular formula is C6H13FSi. The minimum atomic E-state index is -1.29. The largest absolute Gasteiger partial charge is 0.251 e. The van der Waals surface area contributed by atoms with Gasteiger partial charge in [0.25, 0.3) is 0 Å². The molecule has 48 valence electrons. The number of hydrogen-bond donors (Lipinski definition) is 0. The van der Waals surface area contributed by atoms with Crippen LogP contribution in [0.15, 0.2) is 12.3 Å². The van der Waals surface area contributed by atoms with Crippen molar-refractivity contribution in [1.29, 1.82) is 0 Å². The van der Waals surface area contributed by atoms with E-state index in [2.05, 4.69) is 19.7 Å². The lowest BCUT2D eigenvalue weighted by molar-refractivity contribution is 0.523. The fourth-order valence-electron chi connectivity index (χ4n) is 0.346. The third-order valence-corrected chi connectivity index (χ3v) is 3.87. The summed E-state index contributed by atoms with van der Waals surface area (Å²) in [6.07, 6.45) is 0. The van der Waals surface area contributed by atoms with E-state index in [1.54, 1.807) is 0 Å². The molecule has 0 unspecified atom stereocenters. The Morgan fingerprint density at radius 2 is 2.12 bits per heavy atom. The highest BCUT2D eigenvalue weighted by Gasteiger charge is 2.13. The van der Waals surface area contributed by atoms with E-state index in [9.17, 15) is 4.39 Å². The van der Waals surface area contributed by atoms with Crippen LogP contribution in [0.5, 0.6) is 0 Å². The summed E-state index contributed by atoms with van der Waals surface area (Å²) in [5, 5.41) is 0. The Kier molecular flexibility index (Phi) is 2.98. The van der Waals surface area contributed by atoms with Crippen molar-refractivity contribution in [3.05, 3.63) is 12.3 Å². The van der Waals surface area contributed by atoms with Crippen LogP contribution in [0.3, 0.4) is 0 Å². The van der Waals surface area contributed by atoms with Crippen molar-refractivity contribution in [1.82, 2.24) is 0 Å². The summed E-state index contributed by atoms with van der Waals surface area (Å²) in [5.74, 6) is 0. The maximum Gasteiger partial charge on any atom is 0.0874 e. The van der Waals surface area contributed by atoms with Gasteiger partial charge in [0.15, 0.2) is 0 Å². The molecule has 0 amide bonds. The summed E-state index contributed by atoms with van der Waals surface area (Å²) in [6.45, 7) is 7.68. The Hall–Kier alpha value is -0.113. The summed E-state index contributed by atoms with van der Waals surface area (Å²) in [5.41, 5.74) is 1.92. The molecule has 2 heteroatoms. The highest BCUT2D eigenvalue weighted by atomic mass is 28.3. The van der Waals surface area contributed by atoms with Crippen LogP contribution < -0.4 is 0 Å². The van der Waals surface area contributed by atoms with Crippen molar-refractivity contribution in [2.45, 2.75) is 19.1 Å². The molecular weight excluding hydrogens is 119 g/mol. The lowest BCUT2D eigenvalue weighted by atomic mass is 10.9. The molecule has 0 radical (unpaired) electrons. The zero-order valence-electron chi connectivity index (χ0n) is 5.58. The molecule has 0 heterocycles. The van der Waals surface area contributed by atoms with Gasteiger partial charge in [0.2, 0.25) is 0 Å². The first kappa shape index (κ1) is 7.89. The zero-order valence-corrected chi connectivity index (χ0v) is 6.58. The van der Waals surface area contributed by atoms with Crippen molar-refractivity contribution in [3.8, 4) is 0 Å². The Labute approximate surface area is 51.4 Å². The molecule has 0 aromatic heterocycles. The van der Waals surface area contributed by atoms with E-state index in [0.717, 1.165) is 6.04 Å². The van der Waals surface area contributed by atoms with Gasteiger partial charge in [-0.25, -0.2) is 0 Å². The topological polar surface area (TPSA) is 0 Å². The molecule has 0 saturated heterocycles. The van der Waals surface area contributed by atoms with Crippen LogP contribution in [0.4, 0.5) is 4.39 Å². The summed E-state index contributed by atoms with van der Waals surface area (Å²) < 4.78 is 11.7. The van der Waals surface area contributed by atoms with Gasteiger partial charge < -0.3 is 0 Å². The smallest absolute Gasteiger partial charge is 0.0874 e. The summed E-state index contributed by atoms with van der Waals surface area (Å²) in [6, 6.07) is 0.719. The molecule has 0 spiro atoms. The Morgan fingerprint density at radius 1 is 1.62 bits per heavy atom. The second kappa shape index (κ2) is 3.02.